The first-order chi connectivity index (χ1) is 12.2. The molecular weight excluding hydrogens is 328 g/mol. The summed E-state index contributed by atoms with van der Waals surface area (Å²) in [4.78, 5) is 0. The van der Waals surface area contributed by atoms with Gasteiger partial charge in [0.25, 0.3) is 0 Å². The Kier molecular flexibility index (Phi) is 4.38. The van der Waals surface area contributed by atoms with Crippen LogP contribution in [0.3, 0.4) is 0 Å². The highest BCUT2D eigenvalue weighted by Gasteiger charge is 2.32. The van der Waals surface area contributed by atoms with Crippen LogP contribution in [0.25, 0.3) is 11.0 Å². The Morgan fingerprint density at radius 3 is 2.60 bits per heavy atom. The summed E-state index contributed by atoms with van der Waals surface area (Å²) in [7, 11) is 0. The first-order valence-electron chi connectivity index (χ1n) is 8.14. The third kappa shape index (κ3) is 3.23. The molecule has 2 heterocycles. The van der Waals surface area contributed by atoms with Crippen molar-refractivity contribution in [2.24, 2.45) is 0 Å². The van der Waals surface area contributed by atoms with E-state index >= 15 is 0 Å². The molecule has 4 rings (SSSR count). The van der Waals surface area contributed by atoms with Gasteiger partial charge in [-0.25, -0.2) is 8.78 Å². The summed E-state index contributed by atoms with van der Waals surface area (Å²) < 4.78 is 45.4. The Morgan fingerprint density at radius 1 is 1.08 bits per heavy atom. The average Bonchev–Trinajstić information content (AvgIpc) is 3.06. The van der Waals surface area contributed by atoms with Crippen LogP contribution in [0.1, 0.15) is 11.9 Å². The molecule has 6 heteroatoms. The third-order valence-electron chi connectivity index (χ3n) is 4.18. The number of hydrogen-bond donors (Lipinski definition) is 1. The number of fused-ring (bicyclic) bond motifs is 1. The van der Waals surface area contributed by atoms with Crippen LogP contribution in [0.2, 0.25) is 0 Å². The van der Waals surface area contributed by atoms with Gasteiger partial charge in [-0.1, -0.05) is 24.3 Å². The van der Waals surface area contributed by atoms with E-state index < -0.39 is 29.6 Å². The second-order valence-corrected chi connectivity index (χ2v) is 5.89. The number of rotatable bonds is 4. The molecule has 0 radical (unpaired) electrons. The van der Waals surface area contributed by atoms with E-state index in [0.29, 0.717) is 24.5 Å². The standard InChI is InChI=1S/C19H17F2NO3/c20-13-5-3-6-14(21)18(13)25-19(17-11-22-8-9-23-17)16-10-12-4-1-2-7-15(12)24-16/h1-7,10,17,19,22H,8-9,11H2. The Bertz CT molecular complexity index is 821. The maximum Gasteiger partial charge on any atom is 0.191 e. The lowest BCUT2D eigenvalue weighted by atomic mass is 10.1. The molecule has 1 fully saturated rings. The minimum atomic E-state index is -0.772. The molecule has 0 amide bonds. The summed E-state index contributed by atoms with van der Waals surface area (Å²) in [5, 5.41) is 4.09. The molecule has 0 aliphatic carbocycles. The van der Waals surface area contributed by atoms with Crippen LogP contribution in [0, 0.1) is 11.6 Å². The molecule has 0 saturated carbocycles. The van der Waals surface area contributed by atoms with Gasteiger partial charge < -0.3 is 19.2 Å². The summed E-state index contributed by atoms with van der Waals surface area (Å²) in [5.74, 6) is -1.48. The number of hydrogen-bond acceptors (Lipinski definition) is 4. The SMILES string of the molecule is Fc1cccc(F)c1OC(c1cc2ccccc2o1)C1CNCCO1. The monoisotopic (exact) mass is 345 g/mol. The van der Waals surface area contributed by atoms with Gasteiger partial charge in [0.2, 0.25) is 0 Å². The highest BCUT2D eigenvalue weighted by Crippen LogP contribution is 2.33. The van der Waals surface area contributed by atoms with Crippen LogP contribution in [-0.2, 0) is 4.74 Å². The first-order valence-corrected chi connectivity index (χ1v) is 8.14. The molecule has 1 aliphatic rings. The second kappa shape index (κ2) is 6.82. The average molecular weight is 345 g/mol. The number of furan rings is 1. The van der Waals surface area contributed by atoms with Crippen molar-refractivity contribution in [1.82, 2.24) is 5.32 Å². The van der Waals surface area contributed by atoms with Gasteiger partial charge in [0.15, 0.2) is 23.5 Å². The zero-order valence-electron chi connectivity index (χ0n) is 13.4. The van der Waals surface area contributed by atoms with Gasteiger partial charge in [0, 0.05) is 18.5 Å². The van der Waals surface area contributed by atoms with Crippen molar-refractivity contribution in [3.8, 4) is 5.75 Å². The predicted octanol–water partition coefficient (Wildman–Crippen LogP) is 3.82. The van der Waals surface area contributed by atoms with Crippen LogP contribution in [0.5, 0.6) is 5.75 Å². The predicted molar refractivity (Wildman–Crippen MR) is 88.6 cm³/mol. The fraction of sp³-hybridized carbons (Fsp3) is 0.263. The van der Waals surface area contributed by atoms with Crippen molar-refractivity contribution < 1.29 is 22.7 Å². The zero-order chi connectivity index (χ0) is 17.2. The highest BCUT2D eigenvalue weighted by molar-refractivity contribution is 5.77. The van der Waals surface area contributed by atoms with E-state index in [4.69, 9.17) is 13.9 Å². The quantitative estimate of drug-likeness (QED) is 0.781. The number of para-hydroxylation sites is 2. The summed E-state index contributed by atoms with van der Waals surface area (Å²) >= 11 is 0. The van der Waals surface area contributed by atoms with Gasteiger partial charge in [0.05, 0.1) is 6.61 Å². The molecule has 130 valence electrons. The van der Waals surface area contributed by atoms with Crippen LogP contribution in [0.4, 0.5) is 8.78 Å². The molecule has 0 spiro atoms. The fourth-order valence-corrected chi connectivity index (χ4v) is 2.96. The zero-order valence-corrected chi connectivity index (χ0v) is 13.4. The van der Waals surface area contributed by atoms with Crippen LogP contribution in [-0.4, -0.2) is 25.8 Å². The largest absolute Gasteiger partial charge is 0.473 e. The van der Waals surface area contributed by atoms with E-state index in [1.54, 1.807) is 0 Å². The molecule has 2 unspecified atom stereocenters. The molecule has 0 bridgehead atoms. The smallest absolute Gasteiger partial charge is 0.191 e. The van der Waals surface area contributed by atoms with Crippen molar-refractivity contribution >= 4 is 11.0 Å². The highest BCUT2D eigenvalue weighted by atomic mass is 19.1. The van der Waals surface area contributed by atoms with E-state index in [-0.39, 0.29) is 0 Å². The molecule has 1 saturated heterocycles. The minimum Gasteiger partial charge on any atom is -0.473 e. The molecule has 4 nitrogen and oxygen atoms in total. The van der Waals surface area contributed by atoms with Gasteiger partial charge in [-0.05, 0) is 24.3 Å². The van der Waals surface area contributed by atoms with Gasteiger partial charge in [-0.15, -0.1) is 0 Å². The Hall–Kier alpha value is -2.44. The molecule has 1 aromatic heterocycles. The fourth-order valence-electron chi connectivity index (χ4n) is 2.96. The lowest BCUT2D eigenvalue weighted by molar-refractivity contribution is -0.0518. The molecule has 2 aromatic carbocycles. The van der Waals surface area contributed by atoms with Crippen molar-refractivity contribution in [1.29, 1.82) is 0 Å². The molecule has 2 atom stereocenters. The minimum absolute atomic E-state index is 0.423. The number of benzene rings is 2. The topological polar surface area (TPSA) is 43.6 Å². The van der Waals surface area contributed by atoms with E-state index in [9.17, 15) is 8.78 Å². The summed E-state index contributed by atoms with van der Waals surface area (Å²) in [6.07, 6.45) is -1.19. The lowest BCUT2D eigenvalue weighted by Crippen LogP contribution is -2.43. The summed E-state index contributed by atoms with van der Waals surface area (Å²) in [5.41, 5.74) is 0.684. The number of nitrogens with one attached hydrogen (secondary N) is 1. The van der Waals surface area contributed by atoms with E-state index in [2.05, 4.69) is 5.32 Å². The Morgan fingerprint density at radius 2 is 1.88 bits per heavy atom. The summed E-state index contributed by atoms with van der Waals surface area (Å²) in [6.45, 7) is 1.71. The van der Waals surface area contributed by atoms with E-state index in [1.807, 2.05) is 30.3 Å². The third-order valence-corrected chi connectivity index (χ3v) is 4.18. The normalized spacial score (nSPS) is 19.0. The van der Waals surface area contributed by atoms with E-state index in [1.165, 1.54) is 6.07 Å². The molecule has 25 heavy (non-hydrogen) atoms. The Labute approximate surface area is 143 Å². The van der Waals surface area contributed by atoms with Crippen molar-refractivity contribution in [3.05, 3.63) is 65.9 Å². The molecule has 1 aliphatic heterocycles. The number of halogens is 2. The lowest BCUT2D eigenvalue weighted by Gasteiger charge is -2.30. The van der Waals surface area contributed by atoms with Crippen molar-refractivity contribution in [2.75, 3.05) is 19.7 Å². The first kappa shape index (κ1) is 16.1. The maximum absolute atomic E-state index is 14.0. The second-order valence-electron chi connectivity index (χ2n) is 5.89. The van der Waals surface area contributed by atoms with Gasteiger partial charge in [-0.3, -0.25) is 0 Å². The van der Waals surface area contributed by atoms with Crippen LogP contribution < -0.4 is 10.1 Å². The van der Waals surface area contributed by atoms with Crippen molar-refractivity contribution in [3.63, 3.8) is 0 Å². The van der Waals surface area contributed by atoms with Gasteiger partial charge >= 0.3 is 0 Å². The Balaban J connectivity index is 1.73. The van der Waals surface area contributed by atoms with Crippen molar-refractivity contribution in [2.45, 2.75) is 12.2 Å². The summed E-state index contributed by atoms with van der Waals surface area (Å²) in [6, 6.07) is 12.9. The number of ether oxygens (including phenoxy) is 2. The van der Waals surface area contributed by atoms with E-state index in [0.717, 1.165) is 24.1 Å². The number of morpholine rings is 1. The van der Waals surface area contributed by atoms with Gasteiger partial charge in [0.1, 0.15) is 17.4 Å². The molecule has 1 N–H and O–H groups in total. The van der Waals surface area contributed by atoms with Crippen LogP contribution >= 0.6 is 0 Å². The van der Waals surface area contributed by atoms with Gasteiger partial charge in [-0.2, -0.15) is 0 Å². The maximum atomic E-state index is 14.0. The van der Waals surface area contributed by atoms with Crippen LogP contribution in [0.15, 0.2) is 52.9 Å². The molecular formula is C19H17F2NO3. The molecule has 3 aromatic rings.